The Morgan fingerprint density at radius 2 is 2.04 bits per heavy atom. The van der Waals surface area contributed by atoms with Gasteiger partial charge in [0.2, 0.25) is 0 Å². The fourth-order valence-corrected chi connectivity index (χ4v) is 2.54. The zero-order valence-corrected chi connectivity index (χ0v) is 13.6. The van der Waals surface area contributed by atoms with E-state index >= 15 is 0 Å². The van der Waals surface area contributed by atoms with Crippen LogP contribution in [0.25, 0.3) is 10.8 Å². The molecule has 0 aliphatic heterocycles. The van der Waals surface area contributed by atoms with Gasteiger partial charge in [-0.3, -0.25) is 0 Å². The molecule has 0 spiro atoms. The normalized spacial score (nSPS) is 15.2. The van der Waals surface area contributed by atoms with E-state index in [1.54, 1.807) is 18.5 Å². The molecular formula is C18H15ClFN3O. The second kappa shape index (κ2) is 5.91. The van der Waals surface area contributed by atoms with Crippen molar-refractivity contribution in [2.45, 2.75) is 18.5 Å². The van der Waals surface area contributed by atoms with Gasteiger partial charge in [0.25, 0.3) is 0 Å². The van der Waals surface area contributed by atoms with Crippen molar-refractivity contribution in [3.63, 3.8) is 0 Å². The Hall–Kier alpha value is -2.40. The summed E-state index contributed by atoms with van der Waals surface area (Å²) in [6.07, 6.45) is 4.55. The monoisotopic (exact) mass is 343 g/mol. The van der Waals surface area contributed by atoms with Crippen LogP contribution in [-0.4, -0.2) is 22.2 Å². The Balaban J connectivity index is 1.58. The van der Waals surface area contributed by atoms with Gasteiger partial charge in [-0.25, -0.2) is 14.4 Å². The van der Waals surface area contributed by atoms with Gasteiger partial charge < -0.3 is 10.1 Å². The van der Waals surface area contributed by atoms with Crippen LogP contribution >= 0.6 is 11.6 Å². The van der Waals surface area contributed by atoms with Gasteiger partial charge in [0.05, 0.1) is 11.9 Å². The second-order valence-electron chi connectivity index (χ2n) is 5.98. The molecule has 1 N–H and O–H groups in total. The number of fused-ring (bicyclic) bond motifs is 1. The van der Waals surface area contributed by atoms with Gasteiger partial charge in [-0.1, -0.05) is 11.6 Å². The zero-order valence-electron chi connectivity index (χ0n) is 12.8. The van der Waals surface area contributed by atoms with Crippen LogP contribution in [0.15, 0.2) is 48.8 Å². The Morgan fingerprint density at radius 3 is 2.79 bits per heavy atom. The molecule has 4 nitrogen and oxygen atoms in total. The summed E-state index contributed by atoms with van der Waals surface area (Å²) >= 11 is 5.80. The van der Waals surface area contributed by atoms with Crippen LogP contribution in [-0.2, 0) is 0 Å². The quantitative estimate of drug-likeness (QED) is 0.669. The molecule has 6 heteroatoms. The average Bonchev–Trinajstić information content (AvgIpc) is 3.33. The Bertz CT molecular complexity index is 881. The minimum Gasteiger partial charge on any atom is -0.490 e. The molecule has 0 atom stereocenters. The highest BCUT2D eigenvalue weighted by molar-refractivity contribution is 6.29. The largest absolute Gasteiger partial charge is 0.490 e. The first kappa shape index (κ1) is 15.1. The molecule has 122 valence electrons. The molecule has 2 heterocycles. The summed E-state index contributed by atoms with van der Waals surface area (Å²) < 4.78 is 19.2. The maximum Gasteiger partial charge on any atom is 0.145 e. The average molecular weight is 344 g/mol. The fraction of sp³-hybridized carbons (Fsp3) is 0.222. The lowest BCUT2D eigenvalue weighted by atomic mass is 10.1. The first-order valence-electron chi connectivity index (χ1n) is 7.70. The van der Waals surface area contributed by atoms with E-state index in [1.807, 2.05) is 30.3 Å². The molecule has 24 heavy (non-hydrogen) atoms. The maximum atomic E-state index is 13.7. The van der Waals surface area contributed by atoms with Crippen molar-refractivity contribution in [1.29, 1.82) is 0 Å². The van der Waals surface area contributed by atoms with Crippen molar-refractivity contribution in [3.05, 3.63) is 53.9 Å². The molecule has 0 unspecified atom stereocenters. The highest BCUT2D eigenvalue weighted by Gasteiger charge is 2.44. The van der Waals surface area contributed by atoms with E-state index in [0.717, 1.165) is 16.5 Å². The summed E-state index contributed by atoms with van der Waals surface area (Å²) in [7, 11) is 0. The zero-order chi connectivity index (χ0) is 16.6. The molecule has 0 amide bonds. The van der Waals surface area contributed by atoms with Gasteiger partial charge in [-0.2, -0.15) is 0 Å². The highest BCUT2D eigenvalue weighted by Crippen LogP contribution is 2.40. The number of benzene rings is 1. The summed E-state index contributed by atoms with van der Waals surface area (Å²) in [6, 6.07) is 11.1. The van der Waals surface area contributed by atoms with Crippen LogP contribution in [0.2, 0.25) is 5.15 Å². The Morgan fingerprint density at radius 1 is 1.17 bits per heavy atom. The number of halogens is 2. The van der Waals surface area contributed by atoms with E-state index in [1.165, 1.54) is 0 Å². The summed E-state index contributed by atoms with van der Waals surface area (Å²) in [4.78, 5) is 8.42. The molecule has 1 saturated carbocycles. The summed E-state index contributed by atoms with van der Waals surface area (Å²) in [5.74, 6) is 1.38. The lowest BCUT2D eigenvalue weighted by Crippen LogP contribution is -2.13. The molecule has 1 aliphatic carbocycles. The molecule has 0 bridgehead atoms. The van der Waals surface area contributed by atoms with E-state index in [2.05, 4.69) is 15.3 Å². The second-order valence-corrected chi connectivity index (χ2v) is 6.36. The smallest absolute Gasteiger partial charge is 0.145 e. The van der Waals surface area contributed by atoms with Crippen molar-refractivity contribution in [1.82, 2.24) is 9.97 Å². The van der Waals surface area contributed by atoms with Crippen LogP contribution in [0.5, 0.6) is 5.75 Å². The highest BCUT2D eigenvalue weighted by atomic mass is 35.5. The van der Waals surface area contributed by atoms with Crippen molar-refractivity contribution in [2.24, 2.45) is 0 Å². The Kier molecular flexibility index (Phi) is 3.73. The summed E-state index contributed by atoms with van der Waals surface area (Å²) in [5.41, 5.74) is -0.325. The van der Waals surface area contributed by atoms with Crippen LogP contribution in [0.4, 0.5) is 15.9 Å². The van der Waals surface area contributed by atoms with E-state index in [-0.39, 0.29) is 6.61 Å². The molecule has 4 rings (SSSR count). The number of nitrogens with one attached hydrogen (secondary N) is 1. The lowest BCUT2D eigenvalue weighted by molar-refractivity contribution is 0.178. The first-order valence-corrected chi connectivity index (χ1v) is 8.08. The summed E-state index contributed by atoms with van der Waals surface area (Å²) in [6.45, 7) is 0.116. The third-order valence-electron chi connectivity index (χ3n) is 4.02. The van der Waals surface area contributed by atoms with E-state index in [9.17, 15) is 4.39 Å². The standard InChI is InChI=1S/C18H15ClFN3O/c19-16-4-1-13(10-22-16)23-17-15-3-2-14(9-12(15)5-8-21-17)24-11-18(20)6-7-18/h1-5,8-10H,6-7,11H2,(H,21,23). The van der Waals surface area contributed by atoms with Crippen LogP contribution in [0.3, 0.4) is 0 Å². The predicted molar refractivity (Wildman–Crippen MR) is 92.8 cm³/mol. The Labute approximate surface area is 143 Å². The molecule has 1 aromatic carbocycles. The minimum atomic E-state index is -1.12. The fourth-order valence-electron chi connectivity index (χ4n) is 2.42. The number of ether oxygens (including phenoxy) is 1. The summed E-state index contributed by atoms with van der Waals surface area (Å²) in [5, 5.41) is 5.58. The molecular weight excluding hydrogens is 329 g/mol. The van der Waals surface area contributed by atoms with Crippen LogP contribution in [0.1, 0.15) is 12.8 Å². The maximum absolute atomic E-state index is 13.7. The third-order valence-corrected chi connectivity index (χ3v) is 4.24. The molecule has 0 radical (unpaired) electrons. The first-order chi connectivity index (χ1) is 11.6. The van der Waals surface area contributed by atoms with Crippen LogP contribution < -0.4 is 10.1 Å². The SMILES string of the molecule is FC1(COc2ccc3c(Nc4ccc(Cl)nc4)nccc3c2)CC1. The number of alkyl halides is 1. The third kappa shape index (κ3) is 3.26. The number of pyridine rings is 2. The molecule has 0 saturated heterocycles. The van der Waals surface area contributed by atoms with E-state index < -0.39 is 5.67 Å². The van der Waals surface area contributed by atoms with E-state index in [0.29, 0.717) is 29.6 Å². The topological polar surface area (TPSA) is 47.0 Å². The van der Waals surface area contributed by atoms with Gasteiger partial charge in [-0.05, 0) is 54.6 Å². The van der Waals surface area contributed by atoms with Gasteiger partial charge in [0.15, 0.2) is 0 Å². The van der Waals surface area contributed by atoms with Gasteiger partial charge in [-0.15, -0.1) is 0 Å². The van der Waals surface area contributed by atoms with Gasteiger partial charge in [0, 0.05) is 11.6 Å². The van der Waals surface area contributed by atoms with Gasteiger partial charge >= 0.3 is 0 Å². The predicted octanol–water partition coefficient (Wildman–Crippen LogP) is 4.91. The van der Waals surface area contributed by atoms with Crippen molar-refractivity contribution >= 4 is 33.9 Å². The van der Waals surface area contributed by atoms with Crippen molar-refractivity contribution in [2.75, 3.05) is 11.9 Å². The van der Waals surface area contributed by atoms with Gasteiger partial charge in [0.1, 0.15) is 29.0 Å². The number of hydrogen-bond donors (Lipinski definition) is 1. The van der Waals surface area contributed by atoms with Crippen molar-refractivity contribution in [3.8, 4) is 5.75 Å². The number of anilines is 2. The number of aromatic nitrogens is 2. The molecule has 3 aromatic rings. The van der Waals surface area contributed by atoms with Crippen molar-refractivity contribution < 1.29 is 9.13 Å². The molecule has 1 fully saturated rings. The number of hydrogen-bond acceptors (Lipinski definition) is 4. The number of rotatable bonds is 5. The number of nitrogens with zero attached hydrogens (tertiary/aromatic N) is 2. The van der Waals surface area contributed by atoms with Crippen LogP contribution in [0, 0.1) is 0 Å². The minimum absolute atomic E-state index is 0.116. The van der Waals surface area contributed by atoms with E-state index in [4.69, 9.17) is 16.3 Å². The molecule has 2 aromatic heterocycles. The molecule has 1 aliphatic rings. The lowest BCUT2D eigenvalue weighted by Gasteiger charge is -2.11.